The highest BCUT2D eigenvalue weighted by Gasteiger charge is 2.26. The van der Waals surface area contributed by atoms with Crippen LogP contribution in [0.3, 0.4) is 0 Å². The fourth-order valence-electron chi connectivity index (χ4n) is 4.80. The summed E-state index contributed by atoms with van der Waals surface area (Å²) in [5.41, 5.74) is 0. The molecular weight excluding hydrogens is 316 g/mol. The van der Waals surface area contributed by atoms with Crippen molar-refractivity contribution in [3.63, 3.8) is 0 Å². The molecule has 0 bridgehead atoms. The SMILES string of the molecule is NN1CCN(C2CCCC2)CC1.O=NN1CCN(C2CCCC2)CC1. The zero-order valence-corrected chi connectivity index (χ0v) is 15.7. The Morgan fingerprint density at radius 2 is 1.04 bits per heavy atom. The molecule has 2 heterocycles. The molecule has 0 spiro atoms. The van der Waals surface area contributed by atoms with Crippen LogP contribution in [0.4, 0.5) is 0 Å². The summed E-state index contributed by atoms with van der Waals surface area (Å²) >= 11 is 0. The van der Waals surface area contributed by atoms with Gasteiger partial charge in [0.25, 0.3) is 0 Å². The Labute approximate surface area is 152 Å². The average Bonchev–Trinajstić information content (AvgIpc) is 3.37. The summed E-state index contributed by atoms with van der Waals surface area (Å²) in [5.74, 6) is 5.70. The topological polar surface area (TPSA) is 68.4 Å². The molecule has 0 unspecified atom stereocenters. The van der Waals surface area contributed by atoms with Crippen molar-refractivity contribution in [3.05, 3.63) is 4.91 Å². The van der Waals surface area contributed by atoms with Crippen LogP contribution in [0.15, 0.2) is 5.29 Å². The monoisotopic (exact) mass is 352 g/mol. The predicted molar refractivity (Wildman–Crippen MR) is 101 cm³/mol. The van der Waals surface area contributed by atoms with E-state index in [1.54, 1.807) is 5.01 Å². The van der Waals surface area contributed by atoms with Crippen molar-refractivity contribution in [2.45, 2.75) is 63.5 Å². The van der Waals surface area contributed by atoms with Crippen LogP contribution < -0.4 is 5.84 Å². The summed E-state index contributed by atoms with van der Waals surface area (Å²) in [6.07, 6.45) is 11.2. The molecule has 144 valence electrons. The van der Waals surface area contributed by atoms with Gasteiger partial charge in [-0.1, -0.05) is 25.7 Å². The molecule has 25 heavy (non-hydrogen) atoms. The standard InChI is InChI=1S/C9H17N3O.C9H19N3/c13-10-12-7-5-11(6-8-12)9-3-1-2-4-9;10-12-7-5-11(6-8-12)9-3-1-2-4-9/h9H,1-8H2;9H,1-8,10H2. The quantitative estimate of drug-likeness (QED) is 0.615. The molecule has 7 nitrogen and oxygen atoms in total. The Balaban J connectivity index is 0.000000146. The van der Waals surface area contributed by atoms with Gasteiger partial charge in [0.15, 0.2) is 0 Å². The molecule has 2 aliphatic carbocycles. The van der Waals surface area contributed by atoms with Gasteiger partial charge in [-0.25, -0.2) is 5.01 Å². The maximum Gasteiger partial charge on any atom is 0.0524 e. The van der Waals surface area contributed by atoms with Gasteiger partial charge < -0.3 is 0 Å². The minimum absolute atomic E-state index is 0.800. The highest BCUT2D eigenvalue weighted by atomic mass is 16.3. The lowest BCUT2D eigenvalue weighted by Crippen LogP contribution is -2.51. The largest absolute Gasteiger partial charge is 0.298 e. The molecule has 4 fully saturated rings. The van der Waals surface area contributed by atoms with E-state index in [0.717, 1.165) is 51.4 Å². The molecule has 2 saturated carbocycles. The summed E-state index contributed by atoms with van der Waals surface area (Å²) in [7, 11) is 0. The van der Waals surface area contributed by atoms with Crippen molar-refractivity contribution >= 4 is 0 Å². The molecule has 0 atom stereocenters. The molecule has 0 amide bonds. The first kappa shape index (κ1) is 19.0. The molecule has 0 aromatic carbocycles. The van der Waals surface area contributed by atoms with Crippen LogP contribution in [0.5, 0.6) is 0 Å². The molecule has 7 heteroatoms. The maximum absolute atomic E-state index is 10.2. The van der Waals surface area contributed by atoms with Gasteiger partial charge in [0.2, 0.25) is 0 Å². The van der Waals surface area contributed by atoms with Crippen molar-refractivity contribution in [2.24, 2.45) is 11.1 Å². The summed E-state index contributed by atoms with van der Waals surface area (Å²) in [6.45, 7) is 8.15. The minimum atomic E-state index is 0.800. The van der Waals surface area contributed by atoms with Gasteiger partial charge in [0, 0.05) is 51.4 Å². The predicted octanol–water partition coefficient (Wildman–Crippen LogP) is 1.65. The van der Waals surface area contributed by atoms with Crippen LogP contribution in [-0.4, -0.2) is 84.3 Å². The zero-order chi connectivity index (χ0) is 17.5. The van der Waals surface area contributed by atoms with E-state index >= 15 is 0 Å². The van der Waals surface area contributed by atoms with Gasteiger partial charge in [-0.2, -0.15) is 0 Å². The molecule has 0 radical (unpaired) electrons. The van der Waals surface area contributed by atoms with Gasteiger partial charge >= 0.3 is 0 Å². The Morgan fingerprint density at radius 3 is 1.44 bits per heavy atom. The van der Waals surface area contributed by atoms with E-state index in [-0.39, 0.29) is 0 Å². The maximum atomic E-state index is 10.2. The van der Waals surface area contributed by atoms with E-state index in [0.29, 0.717) is 0 Å². The van der Waals surface area contributed by atoms with Crippen LogP contribution in [0.2, 0.25) is 0 Å². The number of hydrazine groups is 1. The van der Waals surface area contributed by atoms with Gasteiger partial charge in [-0.15, -0.1) is 4.91 Å². The third-order valence-corrected chi connectivity index (χ3v) is 6.44. The summed E-state index contributed by atoms with van der Waals surface area (Å²) < 4.78 is 0. The molecule has 2 aliphatic heterocycles. The first-order valence-electron chi connectivity index (χ1n) is 10.3. The van der Waals surface area contributed by atoms with Crippen LogP contribution in [-0.2, 0) is 0 Å². The second-order valence-corrected chi connectivity index (χ2v) is 8.02. The number of nitrogens with two attached hydrogens (primary N) is 1. The van der Waals surface area contributed by atoms with Crippen LogP contribution >= 0.6 is 0 Å². The zero-order valence-electron chi connectivity index (χ0n) is 15.7. The van der Waals surface area contributed by atoms with E-state index in [2.05, 4.69) is 15.1 Å². The van der Waals surface area contributed by atoms with Crippen molar-refractivity contribution < 1.29 is 0 Å². The molecule has 0 aromatic rings. The van der Waals surface area contributed by atoms with Gasteiger partial charge in [0.05, 0.1) is 18.4 Å². The van der Waals surface area contributed by atoms with Crippen LogP contribution in [0.1, 0.15) is 51.4 Å². The smallest absolute Gasteiger partial charge is 0.0524 e. The Hall–Kier alpha value is -0.760. The number of rotatable bonds is 3. The number of hydrogen-bond acceptors (Lipinski definition) is 6. The third-order valence-electron chi connectivity index (χ3n) is 6.44. The number of nitroso groups, excluding NO2 is 1. The molecule has 4 rings (SSSR count). The summed E-state index contributed by atoms with van der Waals surface area (Å²) in [4.78, 5) is 15.4. The lowest BCUT2D eigenvalue weighted by atomic mass is 10.2. The third kappa shape index (κ3) is 5.61. The lowest BCUT2D eigenvalue weighted by Gasteiger charge is -2.35. The normalized spacial score (nSPS) is 28.1. The number of nitrogens with zero attached hydrogens (tertiary/aromatic N) is 5. The number of hydrogen-bond donors (Lipinski definition) is 1. The van der Waals surface area contributed by atoms with Crippen molar-refractivity contribution in [1.82, 2.24) is 19.8 Å². The average molecular weight is 353 g/mol. The highest BCUT2D eigenvalue weighted by molar-refractivity contribution is 4.81. The second-order valence-electron chi connectivity index (χ2n) is 8.02. The van der Waals surface area contributed by atoms with Crippen LogP contribution in [0, 0.1) is 4.91 Å². The molecule has 4 aliphatic rings. The molecule has 0 aromatic heterocycles. The van der Waals surface area contributed by atoms with Gasteiger partial charge in [0.1, 0.15) is 0 Å². The first-order valence-corrected chi connectivity index (χ1v) is 10.3. The Morgan fingerprint density at radius 1 is 0.640 bits per heavy atom. The second kappa shape index (κ2) is 9.80. The van der Waals surface area contributed by atoms with Crippen molar-refractivity contribution in [3.8, 4) is 0 Å². The van der Waals surface area contributed by atoms with Crippen LogP contribution in [0.25, 0.3) is 0 Å². The van der Waals surface area contributed by atoms with Crippen molar-refractivity contribution in [1.29, 1.82) is 0 Å². The molecule has 2 N–H and O–H groups in total. The van der Waals surface area contributed by atoms with E-state index in [1.165, 1.54) is 64.5 Å². The van der Waals surface area contributed by atoms with E-state index in [9.17, 15) is 4.91 Å². The first-order chi connectivity index (χ1) is 12.3. The molecule has 2 saturated heterocycles. The Kier molecular flexibility index (Phi) is 7.46. The highest BCUT2D eigenvalue weighted by Crippen LogP contribution is 2.24. The fraction of sp³-hybridized carbons (Fsp3) is 1.00. The summed E-state index contributed by atoms with van der Waals surface area (Å²) in [5, 5.41) is 6.53. The Bertz CT molecular complexity index is 381. The fourth-order valence-corrected chi connectivity index (χ4v) is 4.80. The lowest BCUT2D eigenvalue weighted by molar-refractivity contribution is 0.0985. The van der Waals surface area contributed by atoms with E-state index in [4.69, 9.17) is 5.84 Å². The van der Waals surface area contributed by atoms with Gasteiger partial charge in [-0.05, 0) is 25.7 Å². The van der Waals surface area contributed by atoms with E-state index < -0.39 is 0 Å². The van der Waals surface area contributed by atoms with Gasteiger partial charge in [-0.3, -0.25) is 20.7 Å². The minimum Gasteiger partial charge on any atom is -0.298 e. The van der Waals surface area contributed by atoms with E-state index in [1.807, 2.05) is 5.01 Å². The molecular formula is C18H36N6O. The number of piperazine rings is 2. The van der Waals surface area contributed by atoms with Crippen molar-refractivity contribution in [2.75, 3.05) is 52.4 Å². The summed E-state index contributed by atoms with van der Waals surface area (Å²) in [6, 6.07) is 1.69.